The van der Waals surface area contributed by atoms with E-state index in [0.717, 1.165) is 31.9 Å². The predicted molar refractivity (Wildman–Crippen MR) is 83.7 cm³/mol. The Balaban J connectivity index is 1.65. The zero-order valence-electron chi connectivity index (χ0n) is 11.3. The summed E-state index contributed by atoms with van der Waals surface area (Å²) in [6, 6.07) is 9.35. The molecule has 1 aliphatic rings. The van der Waals surface area contributed by atoms with Crippen molar-refractivity contribution in [2.45, 2.75) is 0 Å². The number of anilines is 2. The molecule has 0 radical (unpaired) electrons. The summed E-state index contributed by atoms with van der Waals surface area (Å²) in [5.41, 5.74) is 2.14. The summed E-state index contributed by atoms with van der Waals surface area (Å²) in [4.78, 5) is 14.3. The quantitative estimate of drug-likeness (QED) is 0.886. The monoisotopic (exact) mass is 350 g/mol. The number of benzene rings is 1. The lowest BCUT2D eigenvalue weighted by atomic mass is 10.2. The van der Waals surface area contributed by atoms with Gasteiger partial charge in [-0.25, -0.2) is 0 Å². The van der Waals surface area contributed by atoms with Crippen molar-refractivity contribution in [3.63, 3.8) is 0 Å². The summed E-state index contributed by atoms with van der Waals surface area (Å²) in [5.74, 6) is -0.292. The molecule has 2 heterocycles. The van der Waals surface area contributed by atoms with Gasteiger partial charge in [0.1, 0.15) is 0 Å². The number of carbonyl (C=O) groups excluding carboxylic acids is 1. The van der Waals surface area contributed by atoms with Gasteiger partial charge in [-0.2, -0.15) is 0 Å². The molecule has 0 atom stereocenters. The number of carbonyl (C=O) groups is 1. The summed E-state index contributed by atoms with van der Waals surface area (Å²) in [6.07, 6.45) is 0. The average molecular weight is 351 g/mol. The first-order valence-corrected chi connectivity index (χ1v) is 7.51. The molecular weight excluding hydrogens is 336 g/mol. The third kappa shape index (κ3) is 3.43. The summed E-state index contributed by atoms with van der Waals surface area (Å²) < 4.78 is 5.25. The van der Waals surface area contributed by atoms with Gasteiger partial charge in [0.2, 0.25) is 4.67 Å². The van der Waals surface area contributed by atoms with E-state index >= 15 is 0 Å². The van der Waals surface area contributed by atoms with Gasteiger partial charge >= 0.3 is 0 Å². The molecule has 2 N–H and O–H groups in total. The molecule has 2 aromatic rings. The van der Waals surface area contributed by atoms with Crippen LogP contribution in [0.5, 0.6) is 0 Å². The van der Waals surface area contributed by atoms with Crippen LogP contribution < -0.4 is 15.5 Å². The average Bonchev–Trinajstić information content (AvgIpc) is 2.96. The van der Waals surface area contributed by atoms with E-state index in [2.05, 4.69) is 36.6 Å². The minimum Gasteiger partial charge on any atom is -0.369 e. The highest BCUT2D eigenvalue weighted by molar-refractivity contribution is 9.10. The van der Waals surface area contributed by atoms with Crippen LogP contribution in [-0.2, 0) is 0 Å². The van der Waals surface area contributed by atoms with Crippen molar-refractivity contribution < 1.29 is 9.32 Å². The lowest BCUT2D eigenvalue weighted by molar-refractivity contribution is 0.101. The van der Waals surface area contributed by atoms with Gasteiger partial charge in [0.05, 0.1) is 0 Å². The largest absolute Gasteiger partial charge is 0.369 e. The Morgan fingerprint density at radius 3 is 2.62 bits per heavy atom. The number of piperazine rings is 1. The fraction of sp³-hybridized carbons (Fsp3) is 0.286. The standard InChI is InChI=1S/C14H15BrN4O2/c15-13-9-12(18-21-13)14(20)17-10-1-3-11(4-2-10)19-7-5-16-6-8-19/h1-4,9,16H,5-8H2,(H,17,20). The minimum absolute atomic E-state index is 0.244. The molecule has 6 nitrogen and oxygen atoms in total. The van der Waals surface area contributed by atoms with E-state index in [0.29, 0.717) is 4.67 Å². The van der Waals surface area contributed by atoms with E-state index in [1.165, 1.54) is 11.8 Å². The normalized spacial score (nSPS) is 15.0. The Bertz CT molecular complexity index is 620. The van der Waals surface area contributed by atoms with Crippen LogP contribution in [0.2, 0.25) is 0 Å². The number of nitrogens with one attached hydrogen (secondary N) is 2. The molecule has 1 amide bonds. The first-order valence-electron chi connectivity index (χ1n) is 6.72. The van der Waals surface area contributed by atoms with Crippen LogP contribution in [0.25, 0.3) is 0 Å². The fourth-order valence-corrected chi connectivity index (χ4v) is 2.52. The number of rotatable bonds is 3. The molecule has 1 saturated heterocycles. The molecule has 0 spiro atoms. The van der Waals surface area contributed by atoms with Crippen LogP contribution in [0, 0.1) is 0 Å². The first kappa shape index (κ1) is 14.1. The Morgan fingerprint density at radius 2 is 2.00 bits per heavy atom. The minimum atomic E-state index is -0.292. The van der Waals surface area contributed by atoms with Gasteiger partial charge < -0.3 is 20.1 Å². The van der Waals surface area contributed by atoms with Crippen LogP contribution in [-0.4, -0.2) is 37.2 Å². The molecule has 110 valence electrons. The fourth-order valence-electron chi connectivity index (χ4n) is 2.23. The van der Waals surface area contributed by atoms with Crippen molar-refractivity contribution >= 4 is 33.2 Å². The molecule has 0 saturated carbocycles. The second-order valence-electron chi connectivity index (χ2n) is 4.75. The lowest BCUT2D eigenvalue weighted by Crippen LogP contribution is -2.43. The van der Waals surface area contributed by atoms with Gasteiger partial charge in [-0.05, 0) is 40.2 Å². The molecular formula is C14H15BrN4O2. The molecule has 7 heteroatoms. The van der Waals surface area contributed by atoms with E-state index in [1.54, 1.807) is 0 Å². The zero-order valence-corrected chi connectivity index (χ0v) is 12.9. The highest BCUT2D eigenvalue weighted by Gasteiger charge is 2.13. The van der Waals surface area contributed by atoms with Crippen molar-refractivity contribution in [1.82, 2.24) is 10.5 Å². The Kier molecular flexibility index (Phi) is 4.21. The van der Waals surface area contributed by atoms with Crippen molar-refractivity contribution in [3.05, 3.63) is 40.7 Å². The number of aromatic nitrogens is 1. The second kappa shape index (κ2) is 6.28. The van der Waals surface area contributed by atoms with Crippen molar-refractivity contribution in [2.24, 2.45) is 0 Å². The maximum absolute atomic E-state index is 11.9. The van der Waals surface area contributed by atoms with Gasteiger partial charge in [0.25, 0.3) is 5.91 Å². The zero-order chi connectivity index (χ0) is 14.7. The smallest absolute Gasteiger partial charge is 0.277 e. The summed E-state index contributed by atoms with van der Waals surface area (Å²) in [5, 5.41) is 9.77. The maximum Gasteiger partial charge on any atom is 0.277 e. The van der Waals surface area contributed by atoms with Gasteiger partial charge in [0, 0.05) is 43.6 Å². The van der Waals surface area contributed by atoms with Crippen LogP contribution in [0.15, 0.2) is 39.5 Å². The number of amides is 1. The summed E-state index contributed by atoms with van der Waals surface area (Å²) >= 11 is 3.12. The Hall–Kier alpha value is -1.86. The predicted octanol–water partition coefficient (Wildman–Crippen LogP) is 2.10. The van der Waals surface area contributed by atoms with E-state index in [-0.39, 0.29) is 11.6 Å². The van der Waals surface area contributed by atoms with E-state index in [9.17, 15) is 4.79 Å². The molecule has 21 heavy (non-hydrogen) atoms. The SMILES string of the molecule is O=C(Nc1ccc(N2CCNCC2)cc1)c1cc(Br)on1. The highest BCUT2D eigenvalue weighted by atomic mass is 79.9. The van der Waals surface area contributed by atoms with Crippen LogP contribution >= 0.6 is 15.9 Å². The molecule has 0 unspecified atom stereocenters. The van der Waals surface area contributed by atoms with Gasteiger partial charge in [-0.15, -0.1) is 0 Å². The van der Waals surface area contributed by atoms with Crippen LogP contribution in [0.1, 0.15) is 10.5 Å². The van der Waals surface area contributed by atoms with Crippen molar-refractivity contribution in [3.8, 4) is 0 Å². The van der Waals surface area contributed by atoms with Gasteiger partial charge in [-0.1, -0.05) is 5.16 Å². The van der Waals surface area contributed by atoms with Crippen molar-refractivity contribution in [1.29, 1.82) is 0 Å². The molecule has 1 aromatic carbocycles. The highest BCUT2D eigenvalue weighted by Crippen LogP contribution is 2.19. The van der Waals surface area contributed by atoms with Crippen molar-refractivity contribution in [2.75, 3.05) is 36.4 Å². The molecule has 1 aliphatic heterocycles. The van der Waals surface area contributed by atoms with Gasteiger partial charge in [0.15, 0.2) is 5.69 Å². The third-order valence-electron chi connectivity index (χ3n) is 3.32. The first-order chi connectivity index (χ1) is 10.2. The molecule has 3 rings (SSSR count). The molecule has 0 aliphatic carbocycles. The molecule has 0 bridgehead atoms. The van der Waals surface area contributed by atoms with E-state index < -0.39 is 0 Å². The molecule has 1 aromatic heterocycles. The lowest BCUT2D eigenvalue weighted by Gasteiger charge is -2.29. The Labute approximate surface area is 130 Å². The summed E-state index contributed by atoms with van der Waals surface area (Å²) in [7, 11) is 0. The second-order valence-corrected chi connectivity index (χ2v) is 5.54. The maximum atomic E-state index is 11.9. The third-order valence-corrected chi connectivity index (χ3v) is 3.70. The summed E-state index contributed by atoms with van der Waals surface area (Å²) in [6.45, 7) is 4.00. The van der Waals surface area contributed by atoms with E-state index in [1.807, 2.05) is 24.3 Å². The number of hydrogen-bond acceptors (Lipinski definition) is 5. The van der Waals surface area contributed by atoms with Crippen LogP contribution in [0.4, 0.5) is 11.4 Å². The number of halogens is 1. The van der Waals surface area contributed by atoms with Gasteiger partial charge in [-0.3, -0.25) is 4.79 Å². The number of nitrogens with zero attached hydrogens (tertiary/aromatic N) is 2. The van der Waals surface area contributed by atoms with Crippen LogP contribution in [0.3, 0.4) is 0 Å². The van der Waals surface area contributed by atoms with E-state index in [4.69, 9.17) is 4.52 Å². The topological polar surface area (TPSA) is 70.4 Å². The number of hydrogen-bond donors (Lipinski definition) is 2. The Morgan fingerprint density at radius 1 is 1.29 bits per heavy atom. The molecule has 1 fully saturated rings.